The molecule has 0 bridgehead atoms. The number of nitrogens with one attached hydrogen (secondary N) is 2. The smallest absolute Gasteiger partial charge is 0.270 e. The molecule has 2 aromatic rings. The molecule has 1 heterocycles. The Morgan fingerprint density at radius 3 is 2.58 bits per heavy atom. The number of benzene rings is 1. The number of rotatable bonds is 3. The lowest BCUT2D eigenvalue weighted by atomic mass is 9.98. The van der Waals surface area contributed by atoms with Gasteiger partial charge in [0, 0.05) is 0 Å². The number of aromatic amines is 1. The summed E-state index contributed by atoms with van der Waals surface area (Å²) in [6.45, 7) is 1.59. The number of hydrogen-bond donors (Lipinski definition) is 3. The Bertz CT molecular complexity index is 550. The van der Waals surface area contributed by atoms with Crippen molar-refractivity contribution in [1.82, 2.24) is 20.6 Å². The first-order valence-corrected chi connectivity index (χ1v) is 5.42. The minimum absolute atomic E-state index is 0.436. The van der Waals surface area contributed by atoms with Crippen LogP contribution in [0.5, 0.6) is 0 Å². The summed E-state index contributed by atoms with van der Waals surface area (Å²) < 4.78 is 37.8. The molecule has 0 aliphatic carbocycles. The molecule has 1 atom stereocenters. The van der Waals surface area contributed by atoms with E-state index in [1.54, 1.807) is 6.92 Å². The minimum atomic E-state index is -4.36. The Labute approximate surface area is 107 Å². The van der Waals surface area contributed by atoms with E-state index in [-0.39, 0.29) is 0 Å². The van der Waals surface area contributed by atoms with Gasteiger partial charge in [-0.25, -0.2) is 10.4 Å². The number of alkyl halides is 3. The summed E-state index contributed by atoms with van der Waals surface area (Å²) in [4.78, 5) is 3.94. The Morgan fingerprint density at radius 1 is 1.37 bits per heavy atom. The first kappa shape index (κ1) is 13.5. The van der Waals surface area contributed by atoms with Gasteiger partial charge in [0.05, 0.1) is 5.56 Å². The fraction of sp³-hybridized carbons (Fsp3) is 0.273. The Kier molecular flexibility index (Phi) is 3.54. The molecule has 0 saturated carbocycles. The van der Waals surface area contributed by atoms with Gasteiger partial charge in [0.2, 0.25) is 0 Å². The van der Waals surface area contributed by atoms with Crippen molar-refractivity contribution in [2.24, 2.45) is 5.84 Å². The number of halogens is 3. The largest absolute Gasteiger partial charge is 0.416 e. The molecule has 1 aromatic carbocycles. The summed E-state index contributed by atoms with van der Waals surface area (Å²) in [7, 11) is 0. The lowest BCUT2D eigenvalue weighted by Gasteiger charge is -2.17. The lowest BCUT2D eigenvalue weighted by Crippen LogP contribution is -2.30. The molecule has 5 nitrogen and oxygen atoms in total. The van der Waals surface area contributed by atoms with E-state index in [0.29, 0.717) is 17.0 Å². The highest BCUT2D eigenvalue weighted by Crippen LogP contribution is 2.32. The fourth-order valence-corrected chi connectivity index (χ4v) is 1.85. The first-order chi connectivity index (χ1) is 8.93. The molecule has 2 rings (SSSR count). The van der Waals surface area contributed by atoms with Crippen molar-refractivity contribution >= 4 is 0 Å². The van der Waals surface area contributed by atoms with Crippen LogP contribution >= 0.6 is 0 Å². The van der Waals surface area contributed by atoms with E-state index in [9.17, 15) is 13.2 Å². The molecule has 8 heteroatoms. The summed E-state index contributed by atoms with van der Waals surface area (Å²) >= 11 is 0. The van der Waals surface area contributed by atoms with E-state index in [1.165, 1.54) is 12.4 Å². The monoisotopic (exact) mass is 271 g/mol. The zero-order valence-corrected chi connectivity index (χ0v) is 9.99. The third-order valence-corrected chi connectivity index (χ3v) is 2.78. The van der Waals surface area contributed by atoms with Crippen LogP contribution < -0.4 is 11.3 Å². The van der Waals surface area contributed by atoms with Crippen LogP contribution in [0.1, 0.15) is 28.6 Å². The van der Waals surface area contributed by atoms with Crippen molar-refractivity contribution < 1.29 is 13.2 Å². The van der Waals surface area contributed by atoms with Crippen LogP contribution in [0.15, 0.2) is 24.5 Å². The van der Waals surface area contributed by atoms with E-state index in [4.69, 9.17) is 5.84 Å². The topological polar surface area (TPSA) is 79.6 Å². The highest BCUT2D eigenvalue weighted by molar-refractivity contribution is 5.36. The maximum Gasteiger partial charge on any atom is 0.416 e. The van der Waals surface area contributed by atoms with Gasteiger partial charge >= 0.3 is 6.18 Å². The van der Waals surface area contributed by atoms with Crippen molar-refractivity contribution in [3.8, 4) is 0 Å². The number of hydrogen-bond acceptors (Lipinski definition) is 4. The van der Waals surface area contributed by atoms with Gasteiger partial charge in [-0.05, 0) is 30.2 Å². The van der Waals surface area contributed by atoms with Gasteiger partial charge in [0.25, 0.3) is 0 Å². The molecule has 0 fully saturated rings. The van der Waals surface area contributed by atoms with Gasteiger partial charge in [0.1, 0.15) is 18.2 Å². The van der Waals surface area contributed by atoms with E-state index in [0.717, 1.165) is 12.1 Å². The Hall–Kier alpha value is -1.93. The lowest BCUT2D eigenvalue weighted by molar-refractivity contribution is -0.137. The summed E-state index contributed by atoms with van der Waals surface area (Å²) in [5, 5.41) is 6.32. The standard InChI is InChI=1S/C11H12F3N5/c1-6-4-7(11(12,13)14)2-3-8(6)9(18-15)10-16-5-17-19-10/h2-5,9,18H,15H2,1H3,(H,16,17,19). The molecule has 1 unspecified atom stereocenters. The van der Waals surface area contributed by atoms with E-state index in [2.05, 4.69) is 20.6 Å². The highest BCUT2D eigenvalue weighted by Gasteiger charge is 2.31. The minimum Gasteiger partial charge on any atom is -0.270 e. The van der Waals surface area contributed by atoms with Crippen LogP contribution in [0.4, 0.5) is 13.2 Å². The van der Waals surface area contributed by atoms with Gasteiger partial charge in [-0.1, -0.05) is 6.07 Å². The van der Waals surface area contributed by atoms with Crippen molar-refractivity contribution in [3.05, 3.63) is 47.0 Å². The Morgan fingerprint density at radius 2 is 2.11 bits per heavy atom. The molecular formula is C11H12F3N5. The van der Waals surface area contributed by atoms with Crippen molar-refractivity contribution in [1.29, 1.82) is 0 Å². The normalized spacial score (nSPS) is 13.5. The molecular weight excluding hydrogens is 259 g/mol. The maximum atomic E-state index is 12.6. The van der Waals surface area contributed by atoms with Crippen LogP contribution in [-0.4, -0.2) is 15.2 Å². The van der Waals surface area contributed by atoms with Crippen LogP contribution in [0.2, 0.25) is 0 Å². The number of H-pyrrole nitrogens is 1. The molecule has 1 aromatic heterocycles. The number of aryl methyl sites for hydroxylation is 1. The van der Waals surface area contributed by atoms with Crippen LogP contribution in [0, 0.1) is 6.92 Å². The molecule has 102 valence electrons. The molecule has 0 aliphatic rings. The fourth-order valence-electron chi connectivity index (χ4n) is 1.85. The third kappa shape index (κ3) is 2.74. The second-order valence-corrected chi connectivity index (χ2v) is 4.04. The van der Waals surface area contributed by atoms with Crippen molar-refractivity contribution in [2.75, 3.05) is 0 Å². The maximum absolute atomic E-state index is 12.6. The van der Waals surface area contributed by atoms with E-state index in [1.807, 2.05) is 0 Å². The zero-order valence-electron chi connectivity index (χ0n) is 9.99. The highest BCUT2D eigenvalue weighted by atomic mass is 19.4. The molecule has 0 amide bonds. The summed E-state index contributed by atoms with van der Waals surface area (Å²) in [6.07, 6.45) is -3.06. The molecule has 0 saturated heterocycles. The summed E-state index contributed by atoms with van der Waals surface area (Å²) in [5.41, 5.74) is 2.88. The molecule has 0 aliphatic heterocycles. The van der Waals surface area contributed by atoms with Gasteiger partial charge in [-0.3, -0.25) is 10.9 Å². The SMILES string of the molecule is Cc1cc(C(F)(F)F)ccc1C(NN)c1ncn[nH]1. The zero-order chi connectivity index (χ0) is 14.0. The second kappa shape index (κ2) is 4.98. The number of hydrazine groups is 1. The third-order valence-electron chi connectivity index (χ3n) is 2.78. The van der Waals surface area contributed by atoms with Crippen molar-refractivity contribution in [2.45, 2.75) is 19.1 Å². The van der Waals surface area contributed by atoms with Gasteiger partial charge in [-0.2, -0.15) is 18.3 Å². The predicted octanol–water partition coefficient (Wildman–Crippen LogP) is 1.68. The van der Waals surface area contributed by atoms with Gasteiger partial charge in [-0.15, -0.1) is 0 Å². The molecule has 0 spiro atoms. The number of aromatic nitrogens is 3. The van der Waals surface area contributed by atoms with Gasteiger partial charge in [0.15, 0.2) is 0 Å². The second-order valence-electron chi connectivity index (χ2n) is 4.04. The average molecular weight is 271 g/mol. The predicted molar refractivity (Wildman–Crippen MR) is 61.7 cm³/mol. The van der Waals surface area contributed by atoms with E-state index < -0.39 is 17.8 Å². The number of nitrogens with two attached hydrogens (primary N) is 1. The van der Waals surface area contributed by atoms with Gasteiger partial charge < -0.3 is 0 Å². The summed E-state index contributed by atoms with van der Waals surface area (Å²) in [5.74, 6) is 5.86. The van der Waals surface area contributed by atoms with Crippen molar-refractivity contribution in [3.63, 3.8) is 0 Å². The first-order valence-electron chi connectivity index (χ1n) is 5.42. The number of nitrogens with zero attached hydrogens (tertiary/aromatic N) is 2. The summed E-state index contributed by atoms with van der Waals surface area (Å²) in [6, 6.07) is 2.94. The van der Waals surface area contributed by atoms with Crippen LogP contribution in [0.3, 0.4) is 0 Å². The molecule has 0 radical (unpaired) electrons. The van der Waals surface area contributed by atoms with Crippen LogP contribution in [0.25, 0.3) is 0 Å². The Balaban J connectivity index is 2.40. The molecule has 4 N–H and O–H groups in total. The van der Waals surface area contributed by atoms with E-state index >= 15 is 0 Å². The average Bonchev–Trinajstić information content (AvgIpc) is 2.84. The quantitative estimate of drug-likeness (QED) is 0.586. The molecule has 19 heavy (non-hydrogen) atoms. The van der Waals surface area contributed by atoms with Crippen LogP contribution in [-0.2, 0) is 6.18 Å².